The quantitative estimate of drug-likeness (QED) is 0.835. The molecule has 0 saturated carbocycles. The van der Waals surface area contributed by atoms with Crippen LogP contribution in [0.4, 0.5) is 0 Å². The number of carbonyl (C=O) groups is 1. The highest BCUT2D eigenvalue weighted by molar-refractivity contribution is 7.98. The second-order valence-electron chi connectivity index (χ2n) is 5.65. The van der Waals surface area contributed by atoms with Gasteiger partial charge in [0.05, 0.1) is 6.04 Å². The van der Waals surface area contributed by atoms with Crippen molar-refractivity contribution in [3.8, 4) is 0 Å². The molecular formula is C14H28N2OS. The lowest BCUT2D eigenvalue weighted by atomic mass is 9.89. The third-order valence-corrected chi connectivity index (χ3v) is 4.62. The molecule has 1 aliphatic rings. The maximum Gasteiger partial charge on any atom is 0.239 e. The van der Waals surface area contributed by atoms with Gasteiger partial charge in [-0.3, -0.25) is 4.79 Å². The van der Waals surface area contributed by atoms with Crippen LogP contribution in [0.15, 0.2) is 0 Å². The maximum absolute atomic E-state index is 12.2. The summed E-state index contributed by atoms with van der Waals surface area (Å²) >= 11 is 1.75. The largest absolute Gasteiger partial charge is 0.341 e. The first-order chi connectivity index (χ1) is 8.56. The standard InChI is InChI=1S/C14H28N2OS/c1-11(2)12-5-4-8-16(9-6-12)14(17)13(15)7-10-18-3/h11-13H,4-10,15H2,1-3H3/t12?,13-/m0/s1. The van der Waals surface area contributed by atoms with Crippen LogP contribution < -0.4 is 5.73 Å². The fraction of sp³-hybridized carbons (Fsp3) is 0.929. The third-order valence-electron chi connectivity index (χ3n) is 3.98. The minimum absolute atomic E-state index is 0.161. The van der Waals surface area contributed by atoms with Gasteiger partial charge in [-0.1, -0.05) is 13.8 Å². The van der Waals surface area contributed by atoms with Gasteiger partial charge in [0.1, 0.15) is 0 Å². The summed E-state index contributed by atoms with van der Waals surface area (Å²) in [5.41, 5.74) is 5.98. The van der Waals surface area contributed by atoms with E-state index in [9.17, 15) is 4.79 Å². The Kier molecular flexibility index (Phi) is 7.08. The zero-order valence-electron chi connectivity index (χ0n) is 12.0. The Hall–Kier alpha value is -0.220. The van der Waals surface area contributed by atoms with E-state index in [2.05, 4.69) is 20.1 Å². The molecule has 0 aromatic carbocycles. The molecule has 3 nitrogen and oxygen atoms in total. The van der Waals surface area contributed by atoms with E-state index in [1.807, 2.05) is 4.90 Å². The first-order valence-electron chi connectivity index (χ1n) is 7.09. The van der Waals surface area contributed by atoms with Crippen LogP contribution in [0.1, 0.15) is 39.5 Å². The van der Waals surface area contributed by atoms with Gasteiger partial charge in [-0.15, -0.1) is 0 Å². The molecule has 1 fully saturated rings. The van der Waals surface area contributed by atoms with E-state index in [1.54, 1.807) is 11.8 Å². The monoisotopic (exact) mass is 272 g/mol. The van der Waals surface area contributed by atoms with E-state index in [1.165, 1.54) is 6.42 Å². The minimum atomic E-state index is -0.298. The van der Waals surface area contributed by atoms with Crippen LogP contribution in [-0.2, 0) is 4.79 Å². The van der Waals surface area contributed by atoms with Crippen LogP contribution in [0.3, 0.4) is 0 Å². The van der Waals surface area contributed by atoms with Gasteiger partial charge in [-0.2, -0.15) is 11.8 Å². The SMILES string of the molecule is CSCC[C@H](N)C(=O)N1CCCC(C(C)C)CC1. The van der Waals surface area contributed by atoms with Gasteiger partial charge in [0.2, 0.25) is 5.91 Å². The molecule has 106 valence electrons. The predicted octanol–water partition coefficient (Wildman–Crippen LogP) is 2.35. The highest BCUT2D eigenvalue weighted by Crippen LogP contribution is 2.24. The van der Waals surface area contributed by atoms with Crippen LogP contribution in [0.25, 0.3) is 0 Å². The Balaban J connectivity index is 2.44. The average molecular weight is 272 g/mol. The van der Waals surface area contributed by atoms with Gasteiger partial charge in [0.25, 0.3) is 0 Å². The molecule has 0 bridgehead atoms. The van der Waals surface area contributed by atoms with Crippen molar-refractivity contribution in [1.29, 1.82) is 0 Å². The third kappa shape index (κ3) is 4.81. The highest BCUT2D eigenvalue weighted by Gasteiger charge is 2.25. The lowest BCUT2D eigenvalue weighted by Crippen LogP contribution is -2.44. The van der Waals surface area contributed by atoms with E-state index >= 15 is 0 Å². The Morgan fingerprint density at radius 1 is 1.39 bits per heavy atom. The van der Waals surface area contributed by atoms with E-state index < -0.39 is 0 Å². The van der Waals surface area contributed by atoms with Crippen molar-refractivity contribution < 1.29 is 4.79 Å². The molecule has 1 unspecified atom stereocenters. The molecule has 0 aromatic rings. The second-order valence-corrected chi connectivity index (χ2v) is 6.63. The van der Waals surface area contributed by atoms with Crippen molar-refractivity contribution in [2.75, 3.05) is 25.1 Å². The summed E-state index contributed by atoms with van der Waals surface area (Å²) < 4.78 is 0. The van der Waals surface area contributed by atoms with E-state index in [0.29, 0.717) is 0 Å². The molecule has 1 saturated heterocycles. The molecule has 18 heavy (non-hydrogen) atoms. The molecule has 0 aliphatic carbocycles. The molecule has 4 heteroatoms. The van der Waals surface area contributed by atoms with Gasteiger partial charge in [-0.05, 0) is 49.5 Å². The molecular weight excluding hydrogens is 244 g/mol. The minimum Gasteiger partial charge on any atom is -0.341 e. The zero-order valence-corrected chi connectivity index (χ0v) is 12.8. The fourth-order valence-corrected chi connectivity index (χ4v) is 3.10. The second kappa shape index (κ2) is 8.05. The normalized spacial score (nSPS) is 22.9. The summed E-state index contributed by atoms with van der Waals surface area (Å²) in [5.74, 6) is 2.62. The average Bonchev–Trinajstić information content (AvgIpc) is 2.60. The summed E-state index contributed by atoms with van der Waals surface area (Å²) in [4.78, 5) is 14.2. The Bertz CT molecular complexity index is 258. The topological polar surface area (TPSA) is 46.3 Å². The smallest absolute Gasteiger partial charge is 0.239 e. The Labute approximate surface area is 116 Å². The van der Waals surface area contributed by atoms with E-state index in [0.717, 1.165) is 49.9 Å². The van der Waals surface area contributed by atoms with Crippen molar-refractivity contribution in [3.63, 3.8) is 0 Å². The molecule has 1 heterocycles. The molecule has 0 spiro atoms. The Morgan fingerprint density at radius 3 is 2.72 bits per heavy atom. The van der Waals surface area contributed by atoms with Crippen LogP contribution >= 0.6 is 11.8 Å². The lowest BCUT2D eigenvalue weighted by molar-refractivity contribution is -0.132. The van der Waals surface area contributed by atoms with Gasteiger partial charge >= 0.3 is 0 Å². The van der Waals surface area contributed by atoms with Crippen molar-refractivity contribution in [2.45, 2.75) is 45.6 Å². The molecule has 2 N–H and O–H groups in total. The number of amides is 1. The van der Waals surface area contributed by atoms with Crippen molar-refractivity contribution in [1.82, 2.24) is 4.90 Å². The number of nitrogens with two attached hydrogens (primary N) is 1. The summed E-state index contributed by atoms with van der Waals surface area (Å²) in [7, 11) is 0. The predicted molar refractivity (Wildman–Crippen MR) is 79.7 cm³/mol. The van der Waals surface area contributed by atoms with Crippen molar-refractivity contribution >= 4 is 17.7 Å². The zero-order chi connectivity index (χ0) is 13.5. The molecule has 1 aliphatic heterocycles. The number of hydrogen-bond acceptors (Lipinski definition) is 3. The van der Waals surface area contributed by atoms with E-state index in [4.69, 9.17) is 5.73 Å². The van der Waals surface area contributed by atoms with Crippen molar-refractivity contribution in [2.24, 2.45) is 17.6 Å². The van der Waals surface area contributed by atoms with Crippen LogP contribution in [0.5, 0.6) is 0 Å². The van der Waals surface area contributed by atoms with Gasteiger partial charge in [-0.25, -0.2) is 0 Å². The van der Waals surface area contributed by atoms with Gasteiger partial charge in [0.15, 0.2) is 0 Å². The van der Waals surface area contributed by atoms with Crippen molar-refractivity contribution in [3.05, 3.63) is 0 Å². The molecule has 1 rings (SSSR count). The number of hydrogen-bond donors (Lipinski definition) is 1. The number of rotatable bonds is 5. The number of nitrogens with zero attached hydrogens (tertiary/aromatic N) is 1. The van der Waals surface area contributed by atoms with Gasteiger partial charge < -0.3 is 10.6 Å². The van der Waals surface area contributed by atoms with Crippen LogP contribution in [0, 0.1) is 11.8 Å². The molecule has 2 atom stereocenters. The lowest BCUT2D eigenvalue weighted by Gasteiger charge is -2.24. The maximum atomic E-state index is 12.2. The molecule has 0 aromatic heterocycles. The number of carbonyl (C=O) groups excluding carboxylic acids is 1. The first kappa shape index (κ1) is 15.8. The number of thioether (sulfide) groups is 1. The summed E-state index contributed by atoms with van der Waals surface area (Å²) in [6.07, 6.45) is 6.37. The van der Waals surface area contributed by atoms with Crippen LogP contribution in [-0.4, -0.2) is 41.9 Å². The fourth-order valence-electron chi connectivity index (χ4n) is 2.61. The summed E-state index contributed by atoms with van der Waals surface area (Å²) in [5, 5.41) is 0. The Morgan fingerprint density at radius 2 is 2.11 bits per heavy atom. The molecule has 0 radical (unpaired) electrons. The van der Waals surface area contributed by atoms with E-state index in [-0.39, 0.29) is 11.9 Å². The summed E-state index contributed by atoms with van der Waals surface area (Å²) in [6, 6.07) is -0.298. The highest BCUT2D eigenvalue weighted by atomic mass is 32.2. The number of likely N-dealkylation sites (tertiary alicyclic amines) is 1. The van der Waals surface area contributed by atoms with Gasteiger partial charge in [0, 0.05) is 13.1 Å². The summed E-state index contributed by atoms with van der Waals surface area (Å²) in [6.45, 7) is 6.36. The first-order valence-corrected chi connectivity index (χ1v) is 8.49. The molecule has 1 amide bonds. The van der Waals surface area contributed by atoms with Crippen LogP contribution in [0.2, 0.25) is 0 Å².